The number of alkyl halides is 3. The van der Waals surface area contributed by atoms with E-state index < -0.39 is 12.2 Å². The topological polar surface area (TPSA) is 12.0 Å². The van der Waals surface area contributed by atoms with Gasteiger partial charge in [0.15, 0.2) is 0 Å². The largest absolute Gasteiger partial charge is 0.408 e. The van der Waals surface area contributed by atoms with Crippen LogP contribution in [0.5, 0.6) is 0 Å². The Labute approximate surface area is 92.4 Å². The van der Waals surface area contributed by atoms with Crippen molar-refractivity contribution in [3.8, 4) is 0 Å². The molecule has 1 nitrogen and oxygen atoms in total. The highest BCUT2D eigenvalue weighted by Gasteiger charge is 2.40. The van der Waals surface area contributed by atoms with Gasteiger partial charge in [-0.1, -0.05) is 0 Å². The summed E-state index contributed by atoms with van der Waals surface area (Å²) in [5.41, 5.74) is 0. The number of hydrogen-bond acceptors (Lipinski definition) is 2. The molecular formula is C8H9BrF3NS. The smallest absolute Gasteiger partial charge is 0.305 e. The predicted octanol–water partition coefficient (Wildman–Crippen LogP) is 3.64. The van der Waals surface area contributed by atoms with Crippen LogP contribution in [-0.4, -0.2) is 13.2 Å². The van der Waals surface area contributed by atoms with Crippen LogP contribution in [0.15, 0.2) is 10.5 Å². The first-order valence-electron chi connectivity index (χ1n) is 3.86. The number of thiophene rings is 1. The van der Waals surface area contributed by atoms with E-state index in [1.54, 1.807) is 6.92 Å². The average molecular weight is 288 g/mol. The van der Waals surface area contributed by atoms with Gasteiger partial charge in [0.1, 0.15) is 6.04 Å². The molecule has 0 bridgehead atoms. The molecule has 0 fully saturated rings. The number of rotatable bonds is 2. The fraction of sp³-hybridized carbons (Fsp3) is 0.500. The van der Waals surface area contributed by atoms with Crippen molar-refractivity contribution in [2.45, 2.75) is 19.1 Å². The van der Waals surface area contributed by atoms with Crippen LogP contribution in [0.1, 0.15) is 15.8 Å². The molecule has 80 valence electrons. The molecule has 14 heavy (non-hydrogen) atoms. The van der Waals surface area contributed by atoms with Crippen LogP contribution in [0, 0.1) is 6.92 Å². The number of aryl methyl sites for hydroxylation is 1. The van der Waals surface area contributed by atoms with Gasteiger partial charge in [-0.2, -0.15) is 13.2 Å². The summed E-state index contributed by atoms with van der Waals surface area (Å²) in [6.07, 6.45) is -4.24. The van der Waals surface area contributed by atoms with Crippen molar-refractivity contribution in [1.82, 2.24) is 5.32 Å². The third-order valence-corrected chi connectivity index (χ3v) is 3.98. The second-order valence-electron chi connectivity index (χ2n) is 2.82. The standard InChI is InChI=1S/C8H9BrF3NS/c1-4-5(9)3-6(14-4)7(13-2)8(10,11)12/h3,7,13H,1-2H3. The normalized spacial score (nSPS) is 14.4. The van der Waals surface area contributed by atoms with E-state index in [9.17, 15) is 13.2 Å². The third-order valence-electron chi connectivity index (χ3n) is 1.78. The lowest BCUT2D eigenvalue weighted by atomic mass is 10.2. The number of nitrogens with one attached hydrogen (secondary N) is 1. The molecule has 0 saturated heterocycles. The molecule has 1 aromatic heterocycles. The van der Waals surface area contributed by atoms with E-state index in [0.29, 0.717) is 0 Å². The van der Waals surface area contributed by atoms with Crippen LogP contribution >= 0.6 is 27.3 Å². The van der Waals surface area contributed by atoms with Crippen molar-refractivity contribution < 1.29 is 13.2 Å². The van der Waals surface area contributed by atoms with E-state index in [2.05, 4.69) is 21.2 Å². The lowest BCUT2D eigenvalue weighted by Gasteiger charge is -2.17. The summed E-state index contributed by atoms with van der Waals surface area (Å²) in [4.78, 5) is 1.13. The minimum absolute atomic E-state index is 0.282. The monoisotopic (exact) mass is 287 g/mol. The number of halogens is 4. The van der Waals surface area contributed by atoms with Crippen molar-refractivity contribution in [2.24, 2.45) is 0 Å². The van der Waals surface area contributed by atoms with Gasteiger partial charge in [-0.25, -0.2) is 0 Å². The summed E-state index contributed by atoms with van der Waals surface area (Å²) < 4.78 is 38.2. The van der Waals surface area contributed by atoms with Crippen LogP contribution in [0.3, 0.4) is 0 Å². The summed E-state index contributed by atoms with van der Waals surface area (Å²) in [5.74, 6) is 0. The Bertz CT molecular complexity index is 301. The van der Waals surface area contributed by atoms with Crippen molar-refractivity contribution in [3.05, 3.63) is 20.3 Å². The maximum atomic E-state index is 12.5. The zero-order chi connectivity index (χ0) is 10.9. The molecule has 0 saturated carbocycles. The Hall–Kier alpha value is -0.0700. The molecule has 6 heteroatoms. The zero-order valence-corrected chi connectivity index (χ0v) is 9.98. The Balaban J connectivity index is 3.01. The second kappa shape index (κ2) is 4.20. The molecule has 0 aliphatic carbocycles. The molecule has 1 unspecified atom stereocenters. The van der Waals surface area contributed by atoms with Crippen molar-refractivity contribution >= 4 is 27.3 Å². The summed E-state index contributed by atoms with van der Waals surface area (Å²) in [7, 11) is 1.31. The molecule has 0 aliphatic heterocycles. The fourth-order valence-electron chi connectivity index (χ4n) is 1.09. The van der Waals surface area contributed by atoms with Gasteiger partial charge in [-0.05, 0) is 36.0 Å². The van der Waals surface area contributed by atoms with Gasteiger partial charge in [0.25, 0.3) is 0 Å². The van der Waals surface area contributed by atoms with Crippen molar-refractivity contribution in [1.29, 1.82) is 0 Å². The lowest BCUT2D eigenvalue weighted by Crippen LogP contribution is -2.30. The van der Waals surface area contributed by atoms with Crippen LogP contribution in [0.4, 0.5) is 13.2 Å². The van der Waals surface area contributed by atoms with Crippen LogP contribution < -0.4 is 5.32 Å². The second-order valence-corrected chi connectivity index (χ2v) is 4.96. The molecule has 1 atom stereocenters. The van der Waals surface area contributed by atoms with Gasteiger partial charge in [0, 0.05) is 14.2 Å². The minimum Gasteiger partial charge on any atom is -0.305 e. The van der Waals surface area contributed by atoms with Crippen molar-refractivity contribution in [3.63, 3.8) is 0 Å². The molecule has 0 aliphatic rings. The molecule has 0 spiro atoms. The molecule has 1 aromatic rings. The maximum Gasteiger partial charge on any atom is 0.408 e. The first-order valence-corrected chi connectivity index (χ1v) is 5.47. The molecule has 0 amide bonds. The van der Waals surface area contributed by atoms with E-state index >= 15 is 0 Å². The Kier molecular flexibility index (Phi) is 3.60. The van der Waals surface area contributed by atoms with Crippen LogP contribution in [0.25, 0.3) is 0 Å². The van der Waals surface area contributed by atoms with E-state index in [0.717, 1.165) is 20.7 Å². The summed E-state index contributed by atoms with van der Waals surface area (Å²) in [6.45, 7) is 1.78. The fourth-order valence-corrected chi connectivity index (χ4v) is 2.79. The molecule has 1 heterocycles. The highest BCUT2D eigenvalue weighted by Crippen LogP contribution is 2.38. The lowest BCUT2D eigenvalue weighted by molar-refractivity contribution is -0.155. The molecule has 1 rings (SSSR count). The highest BCUT2D eigenvalue weighted by molar-refractivity contribution is 9.10. The Morgan fingerprint density at radius 1 is 1.50 bits per heavy atom. The summed E-state index contributed by atoms with van der Waals surface area (Å²) in [6, 6.07) is -0.0632. The van der Waals surface area contributed by atoms with Gasteiger partial charge >= 0.3 is 6.18 Å². The van der Waals surface area contributed by atoms with Gasteiger partial charge in [-0.15, -0.1) is 11.3 Å². The van der Waals surface area contributed by atoms with Gasteiger partial charge in [-0.3, -0.25) is 0 Å². The predicted molar refractivity (Wildman–Crippen MR) is 54.6 cm³/mol. The zero-order valence-electron chi connectivity index (χ0n) is 7.57. The first-order chi connectivity index (χ1) is 6.36. The molecule has 1 N–H and O–H groups in total. The van der Waals surface area contributed by atoms with Gasteiger partial charge < -0.3 is 5.32 Å². The van der Waals surface area contributed by atoms with Crippen LogP contribution in [0.2, 0.25) is 0 Å². The summed E-state index contributed by atoms with van der Waals surface area (Å²) >= 11 is 4.34. The SMILES string of the molecule is CNC(c1cc(Br)c(C)s1)C(F)(F)F. The van der Waals surface area contributed by atoms with E-state index in [-0.39, 0.29) is 4.88 Å². The Morgan fingerprint density at radius 2 is 2.07 bits per heavy atom. The van der Waals surface area contributed by atoms with Gasteiger partial charge in [0.05, 0.1) is 0 Å². The highest BCUT2D eigenvalue weighted by atomic mass is 79.9. The van der Waals surface area contributed by atoms with E-state index in [1.165, 1.54) is 13.1 Å². The van der Waals surface area contributed by atoms with E-state index in [4.69, 9.17) is 0 Å². The van der Waals surface area contributed by atoms with Crippen LogP contribution in [-0.2, 0) is 0 Å². The van der Waals surface area contributed by atoms with E-state index in [1.807, 2.05) is 0 Å². The molecule has 0 aromatic carbocycles. The maximum absolute atomic E-state index is 12.5. The summed E-state index contributed by atoms with van der Waals surface area (Å²) in [5, 5.41) is 2.26. The average Bonchev–Trinajstić information content (AvgIpc) is 2.30. The third kappa shape index (κ3) is 2.49. The van der Waals surface area contributed by atoms with Crippen molar-refractivity contribution in [2.75, 3.05) is 7.05 Å². The Morgan fingerprint density at radius 3 is 2.36 bits per heavy atom. The minimum atomic E-state index is -4.24. The molecule has 0 radical (unpaired) electrons. The number of hydrogen-bond donors (Lipinski definition) is 1. The molecular weight excluding hydrogens is 279 g/mol. The quantitative estimate of drug-likeness (QED) is 0.876. The first kappa shape index (κ1) is 12.0. The van der Waals surface area contributed by atoms with Gasteiger partial charge in [0.2, 0.25) is 0 Å².